The van der Waals surface area contributed by atoms with E-state index in [1.165, 1.54) is 12.7 Å². The molecule has 0 bridgehead atoms. The number of fused-ring (bicyclic) bond motifs is 1. The Kier molecular flexibility index (Phi) is 4.06. The fourth-order valence-electron chi connectivity index (χ4n) is 4.44. The smallest absolute Gasteiger partial charge is 0.338 e. The van der Waals surface area contributed by atoms with Crippen molar-refractivity contribution in [1.82, 2.24) is 0 Å². The minimum atomic E-state index is -0.402. The van der Waals surface area contributed by atoms with Gasteiger partial charge in [0.1, 0.15) is 0 Å². The highest BCUT2D eigenvalue weighted by Crippen LogP contribution is 2.45. The highest BCUT2D eigenvalue weighted by molar-refractivity contribution is 6.01. The summed E-state index contributed by atoms with van der Waals surface area (Å²) in [4.78, 5) is 27.5. The first-order valence-electron chi connectivity index (χ1n) is 9.12. The van der Waals surface area contributed by atoms with E-state index in [0.717, 1.165) is 42.6 Å². The zero-order valence-electron chi connectivity index (χ0n) is 15.2. The Morgan fingerprint density at radius 1 is 1.15 bits per heavy atom. The van der Waals surface area contributed by atoms with Gasteiger partial charge in [-0.1, -0.05) is 24.3 Å². The minimum Gasteiger partial charge on any atom is -0.465 e. The summed E-state index contributed by atoms with van der Waals surface area (Å²) < 4.78 is 4.95. The largest absolute Gasteiger partial charge is 0.465 e. The lowest BCUT2D eigenvalue weighted by Gasteiger charge is -2.34. The van der Waals surface area contributed by atoms with Crippen molar-refractivity contribution >= 4 is 17.6 Å². The highest BCUT2D eigenvalue weighted by atomic mass is 16.5. The lowest BCUT2D eigenvalue weighted by Crippen LogP contribution is -2.39. The Morgan fingerprint density at radius 2 is 1.96 bits per heavy atom. The van der Waals surface area contributed by atoms with Crippen LogP contribution < -0.4 is 4.90 Å². The quantitative estimate of drug-likeness (QED) is 0.777. The lowest BCUT2D eigenvalue weighted by atomic mass is 9.69. The van der Waals surface area contributed by atoms with Crippen molar-refractivity contribution in [3.63, 3.8) is 0 Å². The van der Waals surface area contributed by atoms with Gasteiger partial charge in [-0.3, -0.25) is 4.79 Å². The van der Waals surface area contributed by atoms with Crippen LogP contribution in [0.3, 0.4) is 0 Å². The van der Waals surface area contributed by atoms with Crippen molar-refractivity contribution in [2.75, 3.05) is 18.6 Å². The number of carbonyl (C=O) groups is 2. The molecule has 0 aromatic heterocycles. The van der Waals surface area contributed by atoms with Crippen molar-refractivity contribution < 1.29 is 14.3 Å². The molecule has 4 heteroatoms. The Labute approximate surface area is 153 Å². The average molecular weight is 349 g/mol. The maximum absolute atomic E-state index is 13.4. The maximum atomic E-state index is 13.4. The van der Waals surface area contributed by atoms with Gasteiger partial charge in [-0.2, -0.15) is 0 Å². The first-order valence-corrected chi connectivity index (χ1v) is 9.12. The van der Waals surface area contributed by atoms with Crippen LogP contribution in [0.4, 0.5) is 5.69 Å². The molecule has 1 aliphatic carbocycles. The van der Waals surface area contributed by atoms with Crippen LogP contribution in [0.5, 0.6) is 0 Å². The number of esters is 1. The zero-order valence-corrected chi connectivity index (χ0v) is 15.2. The number of carbonyl (C=O) groups excluding carboxylic acids is 2. The molecule has 4 rings (SSSR count). The van der Waals surface area contributed by atoms with Crippen LogP contribution in [-0.4, -0.2) is 25.5 Å². The third-order valence-corrected chi connectivity index (χ3v) is 5.89. The van der Waals surface area contributed by atoms with Crippen molar-refractivity contribution in [3.8, 4) is 0 Å². The Morgan fingerprint density at radius 3 is 2.73 bits per heavy atom. The van der Waals surface area contributed by atoms with Crippen molar-refractivity contribution in [3.05, 3.63) is 64.7 Å². The molecule has 1 fully saturated rings. The maximum Gasteiger partial charge on any atom is 0.338 e. The number of benzene rings is 2. The summed E-state index contributed by atoms with van der Waals surface area (Å²) in [5, 5.41) is 0. The van der Waals surface area contributed by atoms with Crippen LogP contribution in [0.15, 0.2) is 42.5 Å². The second-order valence-electron chi connectivity index (χ2n) is 7.44. The average Bonchev–Trinajstić information content (AvgIpc) is 2.96. The van der Waals surface area contributed by atoms with Gasteiger partial charge >= 0.3 is 5.97 Å². The second-order valence-corrected chi connectivity index (χ2v) is 7.44. The summed E-state index contributed by atoms with van der Waals surface area (Å²) in [7, 11) is 1.40. The van der Waals surface area contributed by atoms with Crippen LogP contribution >= 0.6 is 0 Å². The van der Waals surface area contributed by atoms with E-state index < -0.39 is 5.41 Å². The van der Waals surface area contributed by atoms with Crippen molar-refractivity contribution in [2.45, 2.75) is 32.6 Å². The number of aryl methyl sites for hydroxylation is 2. The molecule has 134 valence electrons. The lowest BCUT2D eigenvalue weighted by molar-refractivity contribution is -0.126. The van der Waals surface area contributed by atoms with Gasteiger partial charge in [-0.25, -0.2) is 4.79 Å². The van der Waals surface area contributed by atoms with Gasteiger partial charge in [0.05, 0.1) is 18.1 Å². The summed E-state index contributed by atoms with van der Waals surface area (Å²) in [5.41, 5.74) is 4.48. The number of hydrogen-bond acceptors (Lipinski definition) is 3. The molecule has 2 aliphatic rings. The number of methoxy groups -OCH3 is 1. The number of nitrogens with zero attached hydrogens (tertiary/aromatic N) is 1. The first kappa shape index (κ1) is 16.8. The minimum absolute atomic E-state index is 0.188. The third-order valence-electron chi connectivity index (χ3n) is 5.89. The van der Waals surface area contributed by atoms with Crippen molar-refractivity contribution in [1.29, 1.82) is 0 Å². The third kappa shape index (κ3) is 2.61. The molecule has 0 saturated carbocycles. The Bertz CT molecular complexity index is 889. The number of anilines is 1. The summed E-state index contributed by atoms with van der Waals surface area (Å²) in [5.74, 6) is -0.131. The van der Waals surface area contributed by atoms with Gasteiger partial charge in [0.25, 0.3) is 0 Å². The van der Waals surface area contributed by atoms with E-state index in [4.69, 9.17) is 4.74 Å². The fraction of sp³-hybridized carbons (Fsp3) is 0.364. The Balaban J connectivity index is 1.68. The monoisotopic (exact) mass is 349 g/mol. The number of amides is 1. The normalized spacial score (nSPS) is 21.8. The molecule has 1 spiro atoms. The molecule has 2 aromatic rings. The zero-order chi connectivity index (χ0) is 18.3. The molecule has 1 saturated heterocycles. The van der Waals surface area contributed by atoms with Crippen LogP contribution in [0.25, 0.3) is 0 Å². The van der Waals surface area contributed by atoms with Crippen LogP contribution in [-0.2, 0) is 22.4 Å². The number of rotatable bonds is 2. The van der Waals surface area contributed by atoms with Gasteiger partial charge in [0, 0.05) is 12.2 Å². The van der Waals surface area contributed by atoms with E-state index in [9.17, 15) is 9.59 Å². The van der Waals surface area contributed by atoms with Crippen molar-refractivity contribution in [2.24, 2.45) is 5.41 Å². The molecule has 0 radical (unpaired) electrons. The molecular weight excluding hydrogens is 326 g/mol. The number of ether oxygens (including phenoxy) is 1. The molecule has 1 atom stereocenters. The van der Waals surface area contributed by atoms with Gasteiger partial charge < -0.3 is 9.64 Å². The topological polar surface area (TPSA) is 46.6 Å². The molecular formula is C22H23NO3. The summed E-state index contributed by atoms with van der Waals surface area (Å²) in [6.45, 7) is 2.78. The molecule has 1 unspecified atom stereocenters. The molecule has 1 aliphatic heterocycles. The Hall–Kier alpha value is -2.62. The van der Waals surface area contributed by atoms with Gasteiger partial charge in [-0.15, -0.1) is 0 Å². The van der Waals surface area contributed by atoms with E-state index in [0.29, 0.717) is 12.0 Å². The standard InChI is InChI=1S/C22H23NO3/c1-15-5-3-7-17(13-15)23-12-11-22(21(23)25)10-9-16-6-4-8-18(19(16)14-22)20(24)26-2/h3-8,13H,9-12,14H2,1-2H3. The van der Waals surface area contributed by atoms with E-state index in [1.54, 1.807) is 6.07 Å². The van der Waals surface area contributed by atoms with E-state index >= 15 is 0 Å². The fourth-order valence-corrected chi connectivity index (χ4v) is 4.44. The summed E-state index contributed by atoms with van der Waals surface area (Å²) >= 11 is 0. The summed E-state index contributed by atoms with van der Waals surface area (Å²) in [6, 6.07) is 13.9. The van der Waals surface area contributed by atoms with Gasteiger partial charge in [0.15, 0.2) is 0 Å². The highest BCUT2D eigenvalue weighted by Gasteiger charge is 2.49. The van der Waals surface area contributed by atoms with Crippen LogP contribution in [0.2, 0.25) is 0 Å². The van der Waals surface area contributed by atoms with E-state index in [2.05, 4.69) is 12.1 Å². The van der Waals surface area contributed by atoms with E-state index in [-0.39, 0.29) is 11.9 Å². The molecule has 1 amide bonds. The summed E-state index contributed by atoms with van der Waals surface area (Å²) in [6.07, 6.45) is 3.11. The van der Waals surface area contributed by atoms with Crippen LogP contribution in [0, 0.1) is 12.3 Å². The first-order chi connectivity index (χ1) is 12.5. The molecule has 1 heterocycles. The SMILES string of the molecule is COC(=O)c1cccc2c1CC1(CC2)CCN(c2cccc(C)c2)C1=O. The second kappa shape index (κ2) is 6.27. The van der Waals surface area contributed by atoms with E-state index in [1.807, 2.05) is 36.1 Å². The van der Waals surface area contributed by atoms with Gasteiger partial charge in [-0.05, 0) is 67.5 Å². The molecule has 0 N–H and O–H groups in total. The predicted octanol–water partition coefficient (Wildman–Crippen LogP) is 3.69. The van der Waals surface area contributed by atoms with Crippen LogP contribution in [0.1, 0.15) is 39.9 Å². The molecule has 26 heavy (non-hydrogen) atoms. The predicted molar refractivity (Wildman–Crippen MR) is 100 cm³/mol. The van der Waals surface area contributed by atoms with Gasteiger partial charge in [0.2, 0.25) is 5.91 Å². The number of hydrogen-bond donors (Lipinski definition) is 0. The molecule has 2 aromatic carbocycles. The molecule has 4 nitrogen and oxygen atoms in total.